The second kappa shape index (κ2) is 9.64. The number of fused-ring (bicyclic) bond motifs is 1. The van der Waals surface area contributed by atoms with Gasteiger partial charge >= 0.3 is 6.18 Å². The first-order chi connectivity index (χ1) is 15.8. The van der Waals surface area contributed by atoms with Gasteiger partial charge in [-0.2, -0.15) is 13.2 Å². The van der Waals surface area contributed by atoms with E-state index in [1.54, 1.807) is 24.3 Å². The number of hydrogen-bond donors (Lipinski definition) is 1. The lowest BCUT2D eigenvalue weighted by Crippen LogP contribution is -2.30. The number of rotatable bonds is 6. The van der Waals surface area contributed by atoms with Crippen molar-refractivity contribution in [1.82, 2.24) is 9.55 Å². The van der Waals surface area contributed by atoms with Crippen molar-refractivity contribution in [3.05, 3.63) is 64.7 Å². The molecule has 1 fully saturated rings. The molecule has 3 aromatic rings. The summed E-state index contributed by atoms with van der Waals surface area (Å²) in [6.07, 6.45) is 0.375. The molecule has 0 aliphatic carbocycles. The first-order valence-corrected chi connectivity index (χ1v) is 11.0. The van der Waals surface area contributed by atoms with E-state index in [0.717, 1.165) is 44.5 Å². The molecule has 0 saturated carbocycles. The van der Waals surface area contributed by atoms with Crippen LogP contribution in [0.4, 0.5) is 24.5 Å². The predicted octanol–water partition coefficient (Wildman–Crippen LogP) is 4.82. The monoisotopic (exact) mass is 458 g/mol. The van der Waals surface area contributed by atoms with E-state index in [-0.39, 0.29) is 24.2 Å². The first kappa shape index (κ1) is 22.8. The van der Waals surface area contributed by atoms with Crippen LogP contribution >= 0.6 is 0 Å². The van der Waals surface area contributed by atoms with Crippen LogP contribution in [0, 0.1) is 0 Å². The van der Waals surface area contributed by atoms with Crippen molar-refractivity contribution in [1.29, 1.82) is 0 Å². The van der Waals surface area contributed by atoms with Crippen LogP contribution in [0.1, 0.15) is 37.7 Å². The second-order valence-corrected chi connectivity index (χ2v) is 8.19. The number of amides is 1. The number of para-hydroxylation sites is 1. The third kappa shape index (κ3) is 5.35. The lowest BCUT2D eigenvalue weighted by molar-refractivity contribution is -0.137. The number of carbonyl (C=O) groups excluding carboxylic acids is 1. The summed E-state index contributed by atoms with van der Waals surface area (Å²) in [6.45, 7) is 1.77. The molecule has 1 aromatic heterocycles. The minimum atomic E-state index is -4.50. The molecule has 1 N–H and O–H groups in total. The Labute approximate surface area is 189 Å². The Hall–Kier alpha value is -3.36. The molecule has 1 aliphatic rings. The van der Waals surface area contributed by atoms with Gasteiger partial charge < -0.3 is 10.2 Å². The SMILES string of the molecule is O=C(CCCn1cnc2ccccc2c1=O)Nc1cc(C(F)(F)F)ccc1N1CCCCC1. The van der Waals surface area contributed by atoms with Crippen molar-refractivity contribution in [2.45, 2.75) is 44.8 Å². The number of aromatic nitrogens is 2. The van der Waals surface area contributed by atoms with Gasteiger partial charge in [0.05, 0.1) is 34.2 Å². The number of alkyl halides is 3. The maximum absolute atomic E-state index is 13.3. The molecule has 2 aromatic carbocycles. The number of piperidine rings is 1. The minimum absolute atomic E-state index is 0.0644. The molecule has 0 bridgehead atoms. The topological polar surface area (TPSA) is 67.2 Å². The Morgan fingerprint density at radius 1 is 1.06 bits per heavy atom. The Bertz CT molecular complexity index is 1200. The molecule has 174 valence electrons. The summed E-state index contributed by atoms with van der Waals surface area (Å²) in [7, 11) is 0. The molecule has 6 nitrogen and oxygen atoms in total. The zero-order valence-electron chi connectivity index (χ0n) is 18.1. The molecule has 4 rings (SSSR count). The summed E-state index contributed by atoms with van der Waals surface area (Å²) < 4.78 is 41.2. The van der Waals surface area contributed by atoms with Crippen molar-refractivity contribution in [3.63, 3.8) is 0 Å². The Balaban J connectivity index is 1.45. The van der Waals surface area contributed by atoms with E-state index in [2.05, 4.69) is 10.3 Å². The van der Waals surface area contributed by atoms with Gasteiger partial charge in [0.1, 0.15) is 0 Å². The fourth-order valence-corrected chi connectivity index (χ4v) is 4.11. The molecular formula is C24H25F3N4O2. The highest BCUT2D eigenvalue weighted by Crippen LogP contribution is 2.36. The summed E-state index contributed by atoms with van der Waals surface area (Å²) in [4.78, 5) is 31.4. The van der Waals surface area contributed by atoms with Crippen molar-refractivity contribution in [3.8, 4) is 0 Å². The Kier molecular flexibility index (Phi) is 6.67. The summed E-state index contributed by atoms with van der Waals surface area (Å²) in [5, 5.41) is 3.17. The van der Waals surface area contributed by atoms with E-state index >= 15 is 0 Å². The van der Waals surface area contributed by atoms with Gasteiger partial charge in [-0.05, 0) is 56.0 Å². The number of nitrogens with one attached hydrogen (secondary N) is 1. The summed E-state index contributed by atoms with van der Waals surface area (Å²) in [5.74, 6) is -0.394. The number of nitrogens with zero attached hydrogens (tertiary/aromatic N) is 3. The number of hydrogen-bond acceptors (Lipinski definition) is 4. The van der Waals surface area contributed by atoms with Crippen LogP contribution in [-0.4, -0.2) is 28.5 Å². The van der Waals surface area contributed by atoms with Crippen LogP contribution < -0.4 is 15.8 Å². The van der Waals surface area contributed by atoms with E-state index < -0.39 is 17.6 Å². The molecule has 9 heteroatoms. The lowest BCUT2D eigenvalue weighted by atomic mass is 10.1. The normalized spacial score (nSPS) is 14.5. The zero-order valence-corrected chi connectivity index (χ0v) is 18.1. The fourth-order valence-electron chi connectivity index (χ4n) is 4.11. The molecule has 2 heterocycles. The van der Waals surface area contributed by atoms with Crippen LogP contribution in [0.15, 0.2) is 53.6 Å². The minimum Gasteiger partial charge on any atom is -0.370 e. The molecule has 0 unspecified atom stereocenters. The molecule has 0 radical (unpaired) electrons. The number of benzene rings is 2. The van der Waals surface area contributed by atoms with E-state index in [1.165, 1.54) is 17.0 Å². The van der Waals surface area contributed by atoms with Crippen LogP contribution in [0.5, 0.6) is 0 Å². The summed E-state index contributed by atoms with van der Waals surface area (Å²) in [6, 6.07) is 10.5. The van der Waals surface area contributed by atoms with E-state index in [9.17, 15) is 22.8 Å². The fraction of sp³-hybridized carbons (Fsp3) is 0.375. The average molecular weight is 458 g/mol. The van der Waals surface area contributed by atoms with Crippen molar-refractivity contribution >= 4 is 28.2 Å². The van der Waals surface area contributed by atoms with Gasteiger partial charge in [0.2, 0.25) is 5.91 Å². The maximum atomic E-state index is 13.3. The maximum Gasteiger partial charge on any atom is 0.416 e. The Morgan fingerprint density at radius 3 is 2.58 bits per heavy atom. The molecular weight excluding hydrogens is 433 g/mol. The highest BCUT2D eigenvalue weighted by molar-refractivity contribution is 5.94. The zero-order chi connectivity index (χ0) is 23.4. The molecule has 0 atom stereocenters. The molecule has 1 saturated heterocycles. The lowest BCUT2D eigenvalue weighted by Gasteiger charge is -2.31. The van der Waals surface area contributed by atoms with Gasteiger partial charge in [-0.1, -0.05) is 12.1 Å². The third-order valence-electron chi connectivity index (χ3n) is 5.83. The second-order valence-electron chi connectivity index (χ2n) is 8.19. The predicted molar refractivity (Wildman–Crippen MR) is 121 cm³/mol. The molecule has 1 aliphatic heterocycles. The molecule has 33 heavy (non-hydrogen) atoms. The number of halogens is 3. The van der Waals surface area contributed by atoms with Crippen molar-refractivity contribution < 1.29 is 18.0 Å². The molecule has 1 amide bonds. The number of aryl methyl sites for hydroxylation is 1. The number of carbonyl (C=O) groups is 1. The van der Waals surface area contributed by atoms with E-state index in [4.69, 9.17) is 0 Å². The number of anilines is 2. The smallest absolute Gasteiger partial charge is 0.370 e. The van der Waals surface area contributed by atoms with E-state index in [1.807, 2.05) is 4.90 Å². The van der Waals surface area contributed by atoms with Crippen LogP contribution in [0.25, 0.3) is 10.9 Å². The van der Waals surface area contributed by atoms with Crippen molar-refractivity contribution in [2.75, 3.05) is 23.3 Å². The standard InChI is InChI=1S/C24H25F3N4O2/c25-24(26,27)17-10-11-21(30-12-4-1-5-13-30)20(15-17)29-22(32)9-6-14-31-16-28-19-8-3-2-7-18(19)23(31)33/h2-3,7-8,10-11,15-16H,1,4-6,9,12-14H2,(H,29,32). The largest absolute Gasteiger partial charge is 0.416 e. The van der Waals surface area contributed by atoms with E-state index in [0.29, 0.717) is 23.0 Å². The first-order valence-electron chi connectivity index (χ1n) is 11.0. The van der Waals surface area contributed by atoms with Crippen LogP contribution in [0.3, 0.4) is 0 Å². The average Bonchev–Trinajstić information content (AvgIpc) is 2.81. The van der Waals surface area contributed by atoms with Gasteiger partial charge in [0.25, 0.3) is 5.56 Å². The van der Waals surface area contributed by atoms with Crippen molar-refractivity contribution in [2.24, 2.45) is 0 Å². The summed E-state index contributed by atoms with van der Waals surface area (Å²) >= 11 is 0. The van der Waals surface area contributed by atoms with Gasteiger partial charge in [-0.15, -0.1) is 0 Å². The van der Waals surface area contributed by atoms with Crippen LogP contribution in [0.2, 0.25) is 0 Å². The van der Waals surface area contributed by atoms with Gasteiger partial charge in [0, 0.05) is 26.1 Å². The quantitative estimate of drug-likeness (QED) is 0.575. The van der Waals surface area contributed by atoms with Gasteiger partial charge in [0.15, 0.2) is 0 Å². The summed E-state index contributed by atoms with van der Waals surface area (Å²) in [5.41, 5.74) is 0.386. The highest BCUT2D eigenvalue weighted by Gasteiger charge is 2.31. The Morgan fingerprint density at radius 2 is 1.82 bits per heavy atom. The third-order valence-corrected chi connectivity index (χ3v) is 5.83. The van der Waals surface area contributed by atoms with Gasteiger partial charge in [-0.25, -0.2) is 4.98 Å². The highest BCUT2D eigenvalue weighted by atomic mass is 19.4. The molecule has 0 spiro atoms. The van der Waals surface area contributed by atoms with Gasteiger partial charge in [-0.3, -0.25) is 14.2 Å². The van der Waals surface area contributed by atoms with Crippen LogP contribution in [-0.2, 0) is 17.5 Å².